The van der Waals surface area contributed by atoms with Crippen LogP contribution in [-0.2, 0) is 13.0 Å². The first-order chi connectivity index (χ1) is 10.3. The fourth-order valence-corrected chi connectivity index (χ4v) is 2.70. The summed E-state index contributed by atoms with van der Waals surface area (Å²) in [6, 6.07) is 12.8. The van der Waals surface area contributed by atoms with Gasteiger partial charge in [0, 0.05) is 18.8 Å². The minimum atomic E-state index is -0.490. The third-order valence-electron chi connectivity index (χ3n) is 3.76. The van der Waals surface area contributed by atoms with E-state index in [0.717, 1.165) is 24.9 Å². The van der Waals surface area contributed by atoms with Crippen molar-refractivity contribution in [1.82, 2.24) is 0 Å². The summed E-state index contributed by atoms with van der Waals surface area (Å²) in [7, 11) is 0. The van der Waals surface area contributed by atoms with Crippen LogP contribution in [0.3, 0.4) is 0 Å². The van der Waals surface area contributed by atoms with Crippen molar-refractivity contribution in [3.8, 4) is 6.07 Å². The third-order valence-corrected chi connectivity index (χ3v) is 3.76. The number of nitriles is 1. The van der Waals surface area contributed by atoms with Gasteiger partial charge in [0.25, 0.3) is 0 Å². The van der Waals surface area contributed by atoms with Crippen molar-refractivity contribution < 1.29 is 4.39 Å². The molecule has 2 N–H and O–H groups in total. The Bertz CT molecular complexity index is 704. The highest BCUT2D eigenvalue weighted by Crippen LogP contribution is 2.27. The Morgan fingerprint density at radius 1 is 1.24 bits per heavy atom. The van der Waals surface area contributed by atoms with Gasteiger partial charge in [-0.2, -0.15) is 5.26 Å². The fourth-order valence-electron chi connectivity index (χ4n) is 2.70. The average Bonchev–Trinajstić information content (AvgIpc) is 2.53. The summed E-state index contributed by atoms with van der Waals surface area (Å²) in [5, 5.41) is 15.6. The molecule has 0 saturated heterocycles. The van der Waals surface area contributed by atoms with Crippen LogP contribution in [0.15, 0.2) is 36.4 Å². The zero-order valence-corrected chi connectivity index (χ0v) is 11.6. The maximum Gasteiger partial charge on any atom is 0.143 e. The quantitative estimate of drug-likeness (QED) is 0.902. The first kappa shape index (κ1) is 13.4. The topological polar surface area (TPSA) is 47.9 Å². The van der Waals surface area contributed by atoms with Crippen LogP contribution >= 0.6 is 0 Å². The zero-order valence-electron chi connectivity index (χ0n) is 11.6. The van der Waals surface area contributed by atoms with Crippen LogP contribution in [0, 0.1) is 17.1 Å². The monoisotopic (exact) mass is 281 g/mol. The Morgan fingerprint density at radius 3 is 2.95 bits per heavy atom. The second-order valence-electron chi connectivity index (χ2n) is 5.11. The Kier molecular flexibility index (Phi) is 3.74. The standard InChI is InChI=1S/C17H16FN3/c18-15-7-2-8-16(14(15)10-19)21-11-13-5-1-4-12-6-3-9-20-17(12)13/h1-2,4-5,7-8,20-21H,3,6,9,11H2. The summed E-state index contributed by atoms with van der Waals surface area (Å²) >= 11 is 0. The molecule has 106 valence electrons. The normalized spacial score (nSPS) is 13.0. The largest absolute Gasteiger partial charge is 0.385 e. The van der Waals surface area contributed by atoms with E-state index in [2.05, 4.69) is 22.8 Å². The average molecular weight is 281 g/mol. The number of nitrogens with one attached hydrogen (secondary N) is 2. The first-order valence-electron chi connectivity index (χ1n) is 7.06. The summed E-state index contributed by atoms with van der Waals surface area (Å²) < 4.78 is 13.6. The summed E-state index contributed by atoms with van der Waals surface area (Å²) in [6.45, 7) is 1.54. The van der Waals surface area contributed by atoms with Crippen LogP contribution < -0.4 is 10.6 Å². The van der Waals surface area contributed by atoms with Gasteiger partial charge < -0.3 is 10.6 Å². The number of aryl methyl sites for hydroxylation is 1. The lowest BCUT2D eigenvalue weighted by molar-refractivity contribution is 0.624. The van der Waals surface area contributed by atoms with E-state index in [1.165, 1.54) is 17.3 Å². The Balaban J connectivity index is 1.83. The summed E-state index contributed by atoms with van der Waals surface area (Å²) in [4.78, 5) is 0. The number of halogens is 1. The highest BCUT2D eigenvalue weighted by atomic mass is 19.1. The smallest absolute Gasteiger partial charge is 0.143 e. The highest BCUT2D eigenvalue weighted by molar-refractivity contribution is 5.62. The van der Waals surface area contributed by atoms with Gasteiger partial charge in [-0.15, -0.1) is 0 Å². The summed E-state index contributed by atoms with van der Waals surface area (Å²) in [5.41, 5.74) is 4.23. The molecule has 4 heteroatoms. The molecule has 0 fully saturated rings. The number of nitrogens with zero attached hydrogens (tertiary/aromatic N) is 1. The third kappa shape index (κ3) is 2.68. The Hall–Kier alpha value is -2.54. The van der Waals surface area contributed by atoms with Crippen LogP contribution in [0.25, 0.3) is 0 Å². The van der Waals surface area contributed by atoms with Gasteiger partial charge in [-0.05, 0) is 36.1 Å². The SMILES string of the molecule is N#Cc1c(F)cccc1NCc1cccc2c1NCCC2. The van der Waals surface area contributed by atoms with Crippen LogP contribution in [0.1, 0.15) is 23.1 Å². The molecule has 21 heavy (non-hydrogen) atoms. The van der Waals surface area contributed by atoms with Crippen molar-refractivity contribution in [2.75, 3.05) is 17.2 Å². The minimum absolute atomic E-state index is 0.0651. The van der Waals surface area contributed by atoms with Crippen molar-refractivity contribution in [3.63, 3.8) is 0 Å². The number of fused-ring (bicyclic) bond motifs is 1. The first-order valence-corrected chi connectivity index (χ1v) is 7.06. The van der Waals surface area contributed by atoms with E-state index in [9.17, 15) is 4.39 Å². The van der Waals surface area contributed by atoms with Crippen LogP contribution in [-0.4, -0.2) is 6.54 Å². The van der Waals surface area contributed by atoms with E-state index in [0.29, 0.717) is 12.2 Å². The number of benzene rings is 2. The number of hydrogen-bond acceptors (Lipinski definition) is 3. The molecule has 1 aliphatic heterocycles. The van der Waals surface area contributed by atoms with Crippen LogP contribution in [0.5, 0.6) is 0 Å². The number of anilines is 2. The van der Waals surface area contributed by atoms with E-state index in [1.807, 2.05) is 12.1 Å². The second-order valence-corrected chi connectivity index (χ2v) is 5.11. The second kappa shape index (κ2) is 5.84. The lowest BCUT2D eigenvalue weighted by Gasteiger charge is -2.21. The molecule has 0 unspecified atom stereocenters. The van der Waals surface area contributed by atoms with Crippen molar-refractivity contribution >= 4 is 11.4 Å². The molecule has 0 bridgehead atoms. The Morgan fingerprint density at radius 2 is 2.10 bits per heavy atom. The molecule has 0 saturated carbocycles. The molecule has 1 aliphatic rings. The zero-order chi connectivity index (χ0) is 14.7. The van der Waals surface area contributed by atoms with Gasteiger partial charge in [0.15, 0.2) is 0 Å². The molecule has 0 aliphatic carbocycles. The molecule has 0 radical (unpaired) electrons. The summed E-state index contributed by atoms with van der Waals surface area (Å²) in [5.74, 6) is -0.490. The van der Waals surface area contributed by atoms with E-state index in [1.54, 1.807) is 12.1 Å². The molecule has 0 spiro atoms. The predicted octanol–water partition coefficient (Wildman–Crippen LogP) is 3.67. The molecule has 2 aromatic carbocycles. The fraction of sp³-hybridized carbons (Fsp3) is 0.235. The molecule has 0 aromatic heterocycles. The van der Waals surface area contributed by atoms with Crippen molar-refractivity contribution in [1.29, 1.82) is 5.26 Å². The molecule has 1 heterocycles. The lowest BCUT2D eigenvalue weighted by atomic mass is 9.99. The van der Waals surface area contributed by atoms with E-state index >= 15 is 0 Å². The van der Waals surface area contributed by atoms with E-state index in [-0.39, 0.29) is 5.56 Å². The molecule has 3 rings (SSSR count). The molecule has 2 aromatic rings. The number of para-hydroxylation sites is 1. The van der Waals surface area contributed by atoms with Crippen molar-refractivity contribution in [2.24, 2.45) is 0 Å². The number of hydrogen-bond donors (Lipinski definition) is 2. The van der Waals surface area contributed by atoms with Gasteiger partial charge in [-0.3, -0.25) is 0 Å². The van der Waals surface area contributed by atoms with Crippen molar-refractivity contribution in [2.45, 2.75) is 19.4 Å². The van der Waals surface area contributed by atoms with Gasteiger partial charge in [-0.25, -0.2) is 4.39 Å². The maximum atomic E-state index is 13.6. The predicted molar refractivity (Wildman–Crippen MR) is 81.7 cm³/mol. The summed E-state index contributed by atoms with van der Waals surface area (Å²) in [6.07, 6.45) is 2.23. The van der Waals surface area contributed by atoms with E-state index in [4.69, 9.17) is 5.26 Å². The molecular weight excluding hydrogens is 265 g/mol. The van der Waals surface area contributed by atoms with Crippen LogP contribution in [0.4, 0.5) is 15.8 Å². The molecule has 0 atom stereocenters. The van der Waals surface area contributed by atoms with Gasteiger partial charge in [0.2, 0.25) is 0 Å². The van der Waals surface area contributed by atoms with Crippen LogP contribution in [0.2, 0.25) is 0 Å². The number of rotatable bonds is 3. The lowest BCUT2D eigenvalue weighted by Crippen LogP contribution is -2.15. The molecule has 0 amide bonds. The maximum absolute atomic E-state index is 13.6. The van der Waals surface area contributed by atoms with Crippen molar-refractivity contribution in [3.05, 3.63) is 58.9 Å². The van der Waals surface area contributed by atoms with Gasteiger partial charge >= 0.3 is 0 Å². The van der Waals surface area contributed by atoms with E-state index < -0.39 is 5.82 Å². The minimum Gasteiger partial charge on any atom is -0.385 e. The molecular formula is C17H16FN3. The Labute approximate surface area is 123 Å². The van der Waals surface area contributed by atoms with Gasteiger partial charge in [0.1, 0.15) is 17.4 Å². The van der Waals surface area contributed by atoms with Gasteiger partial charge in [-0.1, -0.05) is 24.3 Å². The highest BCUT2D eigenvalue weighted by Gasteiger charge is 2.13. The van der Waals surface area contributed by atoms with Gasteiger partial charge in [0.05, 0.1) is 5.69 Å². The molecule has 3 nitrogen and oxygen atoms in total.